The van der Waals surface area contributed by atoms with Gasteiger partial charge in [0.2, 0.25) is 6.04 Å². The van der Waals surface area contributed by atoms with E-state index in [9.17, 15) is 62.8 Å². The number of hydrazone groups is 1. The highest BCUT2D eigenvalue weighted by Gasteiger charge is 2.41. The maximum Gasteiger partial charge on any atom is 0.355 e. The topological polar surface area (TPSA) is 382 Å². The third-order valence-corrected chi connectivity index (χ3v) is 10.0. The van der Waals surface area contributed by atoms with Gasteiger partial charge in [-0.25, -0.2) is 19.6 Å². The maximum absolute atomic E-state index is 13.3. The molecule has 0 bridgehead atoms. The van der Waals surface area contributed by atoms with Crippen molar-refractivity contribution in [3.63, 3.8) is 0 Å². The molecule has 0 spiro atoms. The van der Waals surface area contributed by atoms with Crippen molar-refractivity contribution >= 4 is 96.6 Å². The first-order valence-electron chi connectivity index (χ1n) is 18.1. The van der Waals surface area contributed by atoms with Crippen LogP contribution in [0.4, 0.5) is 34.1 Å². The fraction of sp³-hybridized carbons (Fsp3) is 0.132. The number of aromatic hydroxyl groups is 1. The summed E-state index contributed by atoms with van der Waals surface area (Å²) in [6, 6.07) is 14.0. The van der Waals surface area contributed by atoms with E-state index in [0.717, 1.165) is 41.4 Å². The second-order valence-corrected chi connectivity index (χ2v) is 15.1. The molecule has 1 aliphatic heterocycles. The van der Waals surface area contributed by atoms with Crippen molar-refractivity contribution in [2.45, 2.75) is 15.8 Å². The Hall–Kier alpha value is -7.79. The highest BCUT2D eigenvalue weighted by atomic mass is 32.2. The molecule has 5 aromatic rings. The SMILES string of the molecule is O=C(O)C1=NN(c2ccc(SOO)cc2)C(=O)C1N=Nc1ccc2cc(S(=O)(=O)O)c(N=Nc3cc(OCCO)c(N=Nc4cc(C(=O)O)cc(C(=O)O)c4)cc3OCCO)c(O)c2c1. The number of phenols is 1. The molecule has 27 heteroatoms. The minimum Gasteiger partial charge on any atom is -0.505 e. The molecular formula is C38H30N8O17S2. The third kappa shape index (κ3) is 10.9. The zero-order valence-corrected chi connectivity index (χ0v) is 34.2. The van der Waals surface area contributed by atoms with Gasteiger partial charge < -0.3 is 40.1 Å². The molecular weight excluding hydrogens is 905 g/mol. The number of aliphatic hydroxyl groups is 2. The van der Waals surface area contributed by atoms with E-state index >= 15 is 0 Å². The first kappa shape index (κ1) is 46.7. The Labute approximate surface area is 367 Å². The normalized spacial score (nSPS) is 14.2. The Bertz CT molecular complexity index is 2910. The van der Waals surface area contributed by atoms with Crippen molar-refractivity contribution in [2.24, 2.45) is 35.8 Å². The van der Waals surface area contributed by atoms with Crippen LogP contribution in [-0.2, 0) is 24.0 Å². The fourth-order valence-electron chi connectivity index (χ4n) is 5.76. The Morgan fingerprint density at radius 1 is 0.738 bits per heavy atom. The van der Waals surface area contributed by atoms with Crippen molar-refractivity contribution < 1.29 is 81.9 Å². The van der Waals surface area contributed by atoms with Gasteiger partial charge in [-0.15, -0.1) is 15.3 Å². The number of phenolic OH excluding ortho intramolecular Hbond substituents is 1. The molecule has 6 rings (SSSR count). The molecule has 8 N–H and O–H groups in total. The Kier molecular flexibility index (Phi) is 14.5. The minimum absolute atomic E-state index is 0.0166. The number of azo groups is 3. The number of hydrogen-bond acceptors (Lipinski definition) is 21. The predicted octanol–water partition coefficient (Wildman–Crippen LogP) is 6.20. The molecule has 1 aliphatic rings. The van der Waals surface area contributed by atoms with Crippen LogP contribution in [0.3, 0.4) is 0 Å². The lowest BCUT2D eigenvalue weighted by molar-refractivity contribution is -0.130. The van der Waals surface area contributed by atoms with Crippen LogP contribution in [0.1, 0.15) is 20.7 Å². The largest absolute Gasteiger partial charge is 0.505 e. The number of anilines is 1. The van der Waals surface area contributed by atoms with Crippen LogP contribution in [0, 0.1) is 0 Å². The third-order valence-electron chi connectivity index (χ3n) is 8.63. The van der Waals surface area contributed by atoms with Gasteiger partial charge in [0.15, 0.2) is 11.5 Å². The van der Waals surface area contributed by atoms with Gasteiger partial charge in [0.1, 0.15) is 46.7 Å². The lowest BCUT2D eigenvalue weighted by atomic mass is 10.1. The first-order valence-corrected chi connectivity index (χ1v) is 20.2. The maximum atomic E-state index is 13.3. The van der Waals surface area contributed by atoms with Gasteiger partial charge in [-0.3, -0.25) is 9.35 Å². The quantitative estimate of drug-likeness (QED) is 0.0150. The number of hydrogen-bond donors (Lipinski definition) is 8. The molecule has 0 saturated carbocycles. The number of fused-ring (bicyclic) bond motifs is 1. The summed E-state index contributed by atoms with van der Waals surface area (Å²) in [5.41, 5.74) is -2.86. The first-order chi connectivity index (χ1) is 31.0. The molecule has 1 amide bonds. The van der Waals surface area contributed by atoms with E-state index in [2.05, 4.69) is 40.1 Å². The lowest BCUT2D eigenvalue weighted by Gasteiger charge is -2.13. The van der Waals surface area contributed by atoms with Gasteiger partial charge in [0, 0.05) is 22.4 Å². The van der Waals surface area contributed by atoms with Crippen LogP contribution < -0.4 is 14.5 Å². The van der Waals surface area contributed by atoms with E-state index in [-0.39, 0.29) is 63.9 Å². The number of carbonyl (C=O) groups is 4. The van der Waals surface area contributed by atoms with Crippen molar-refractivity contribution in [3.05, 3.63) is 90.0 Å². The van der Waals surface area contributed by atoms with Gasteiger partial charge >= 0.3 is 17.9 Å². The van der Waals surface area contributed by atoms with Crippen molar-refractivity contribution in [1.29, 1.82) is 0 Å². The molecule has 336 valence electrons. The van der Waals surface area contributed by atoms with Crippen LogP contribution >= 0.6 is 12.0 Å². The molecule has 0 saturated heterocycles. The van der Waals surface area contributed by atoms with Gasteiger partial charge in [-0.05, 0) is 66.0 Å². The number of carbonyl (C=O) groups excluding carboxylic acids is 1. The van der Waals surface area contributed by atoms with E-state index in [1.807, 2.05) is 0 Å². The molecule has 25 nitrogen and oxygen atoms in total. The van der Waals surface area contributed by atoms with E-state index in [1.165, 1.54) is 42.5 Å². The van der Waals surface area contributed by atoms with Crippen LogP contribution in [-0.4, -0.2) is 111 Å². The molecule has 0 fully saturated rings. The monoisotopic (exact) mass is 934 g/mol. The molecule has 65 heavy (non-hydrogen) atoms. The summed E-state index contributed by atoms with van der Waals surface area (Å²) in [5.74, 6) is -6.63. The lowest BCUT2D eigenvalue weighted by Crippen LogP contribution is -2.32. The van der Waals surface area contributed by atoms with Crippen LogP contribution in [0.15, 0.2) is 124 Å². The average molecular weight is 935 g/mol. The number of carboxylic acid groups (broad SMARTS) is 3. The number of aliphatic hydroxyl groups excluding tert-OH is 2. The highest BCUT2D eigenvalue weighted by Crippen LogP contribution is 2.45. The Morgan fingerprint density at radius 3 is 1.88 bits per heavy atom. The van der Waals surface area contributed by atoms with E-state index < -0.39 is 86.4 Å². The second-order valence-electron chi connectivity index (χ2n) is 12.9. The summed E-state index contributed by atoms with van der Waals surface area (Å²) < 4.78 is 50.6. The van der Waals surface area contributed by atoms with E-state index in [1.54, 1.807) is 0 Å². The zero-order chi connectivity index (χ0) is 47.0. The second kappa shape index (κ2) is 20.2. The molecule has 1 heterocycles. The number of aliphatic carboxylic acids is 1. The van der Waals surface area contributed by atoms with E-state index in [4.69, 9.17) is 14.7 Å². The number of nitrogens with zero attached hydrogens (tertiary/aromatic N) is 8. The number of benzene rings is 5. The number of amides is 1. The molecule has 5 aromatic carbocycles. The summed E-state index contributed by atoms with van der Waals surface area (Å²) >= 11 is 0.617. The van der Waals surface area contributed by atoms with Crippen molar-refractivity contribution in [1.82, 2.24) is 0 Å². The van der Waals surface area contributed by atoms with Crippen LogP contribution in [0.2, 0.25) is 0 Å². The van der Waals surface area contributed by atoms with E-state index in [0.29, 0.717) is 16.9 Å². The number of aromatic carboxylic acids is 2. The molecule has 0 aromatic heterocycles. The minimum atomic E-state index is -5.14. The predicted molar refractivity (Wildman–Crippen MR) is 223 cm³/mol. The van der Waals surface area contributed by atoms with Gasteiger partial charge in [-0.2, -0.15) is 38.2 Å². The smallest absolute Gasteiger partial charge is 0.355 e. The number of ether oxygens (including phenoxy) is 2. The molecule has 0 radical (unpaired) electrons. The molecule has 1 unspecified atom stereocenters. The fourth-order valence-corrected chi connectivity index (χ4v) is 6.75. The average Bonchev–Trinajstić information content (AvgIpc) is 3.61. The Balaban J connectivity index is 1.38. The summed E-state index contributed by atoms with van der Waals surface area (Å²) in [5, 5.41) is 96.1. The zero-order valence-electron chi connectivity index (χ0n) is 32.6. The van der Waals surface area contributed by atoms with Crippen molar-refractivity contribution in [2.75, 3.05) is 31.4 Å². The Morgan fingerprint density at radius 2 is 1.34 bits per heavy atom. The van der Waals surface area contributed by atoms with Crippen LogP contribution in [0.5, 0.6) is 17.2 Å². The summed E-state index contributed by atoms with van der Waals surface area (Å²) in [6.07, 6.45) is 0. The highest BCUT2D eigenvalue weighted by molar-refractivity contribution is 7.94. The summed E-state index contributed by atoms with van der Waals surface area (Å²) in [7, 11) is -5.14. The standard InChI is InChI=1S/C38H30N8O17S2/c47-7-9-61-28-17-27(29(62-10-8-48)16-26(28)41-40-22-12-19(36(51)52)11-20(13-22)37(53)54)42-43-31-30(65(58,59)60)14-18-1-2-21(15-25(18)34(31)49)39-44-32-33(38(55)56)45-46(35(32)50)23-3-5-24(6-4-23)64-63-57/h1-6,11-17,32,47-49,57H,7-10H2,(H,51,52)(H,53,54)(H,55,56)(H,58,59,60). The van der Waals surface area contributed by atoms with Crippen molar-refractivity contribution in [3.8, 4) is 17.2 Å². The summed E-state index contributed by atoms with van der Waals surface area (Å²) in [6.45, 7) is -1.73. The van der Waals surface area contributed by atoms with Gasteiger partial charge in [0.25, 0.3) is 16.0 Å². The number of rotatable bonds is 19. The molecule has 1 atom stereocenters. The summed E-state index contributed by atoms with van der Waals surface area (Å²) in [4.78, 5) is 48.1. The van der Waals surface area contributed by atoms with Gasteiger partial charge in [0.05, 0.1) is 53.4 Å². The number of carboxylic acids is 3. The van der Waals surface area contributed by atoms with Crippen LogP contribution in [0.25, 0.3) is 10.8 Å². The molecule has 0 aliphatic carbocycles. The van der Waals surface area contributed by atoms with Gasteiger partial charge in [-0.1, -0.05) is 6.07 Å².